The van der Waals surface area contributed by atoms with Crippen LogP contribution >= 0.6 is 0 Å². The summed E-state index contributed by atoms with van der Waals surface area (Å²) in [6.07, 6.45) is 6.21. The van der Waals surface area contributed by atoms with Crippen LogP contribution in [0.1, 0.15) is 5.69 Å². The van der Waals surface area contributed by atoms with Gasteiger partial charge in [0.15, 0.2) is 0 Å². The maximum atomic E-state index is 6.87. The molecule has 2 aromatic heterocycles. The van der Waals surface area contributed by atoms with Gasteiger partial charge in [-0.1, -0.05) is 0 Å². The minimum Gasteiger partial charge on any atom is -0.432 e. The minimum absolute atomic E-state index is 0.526. The molecule has 0 aliphatic rings. The van der Waals surface area contributed by atoms with Crippen LogP contribution in [-0.2, 0) is 0 Å². The van der Waals surface area contributed by atoms with Crippen molar-refractivity contribution < 1.29 is 4.42 Å². The summed E-state index contributed by atoms with van der Waals surface area (Å²) in [6.45, 7) is 0. The molecule has 0 saturated carbocycles. The molecule has 0 spiro atoms. The van der Waals surface area contributed by atoms with Crippen molar-refractivity contribution in [3.63, 3.8) is 0 Å². The van der Waals surface area contributed by atoms with E-state index < -0.39 is 0 Å². The van der Waals surface area contributed by atoms with Crippen LogP contribution in [-0.4, -0.2) is 15.6 Å². The van der Waals surface area contributed by atoms with Gasteiger partial charge in [0.05, 0.1) is 0 Å². The number of nitrogens with one attached hydrogen (secondary N) is 1. The normalized spacial score (nSPS) is 10.4. The second-order valence-electron chi connectivity index (χ2n) is 1.90. The highest BCUT2D eigenvalue weighted by Gasteiger charge is 1.98. The predicted molar refractivity (Wildman–Crippen MR) is 35.3 cm³/mol. The molecule has 0 amide bonds. The zero-order valence-corrected chi connectivity index (χ0v) is 5.11. The number of rotatable bonds is 1. The standard InChI is InChI=1S/C6H5N3O/c7-3-5-4-9-1-2-10-6(9)8-5/h1-4,7H. The van der Waals surface area contributed by atoms with Crippen LogP contribution in [0.5, 0.6) is 0 Å². The van der Waals surface area contributed by atoms with Crippen molar-refractivity contribution in [2.75, 3.05) is 0 Å². The Bertz CT molecular complexity index is 331. The lowest BCUT2D eigenvalue weighted by Gasteiger charge is -1.71. The number of aromatic nitrogens is 2. The molecule has 2 aromatic rings. The summed E-state index contributed by atoms with van der Waals surface area (Å²) in [5.41, 5.74) is 0.611. The fourth-order valence-electron chi connectivity index (χ4n) is 0.815. The third-order valence-electron chi connectivity index (χ3n) is 1.26. The number of fused-ring (bicyclic) bond motifs is 1. The second-order valence-corrected chi connectivity index (χ2v) is 1.90. The van der Waals surface area contributed by atoms with Gasteiger partial charge in [-0.15, -0.1) is 0 Å². The molecule has 2 heterocycles. The molecule has 0 atom stereocenters. The van der Waals surface area contributed by atoms with Crippen molar-refractivity contribution in [3.05, 3.63) is 24.4 Å². The molecule has 0 saturated heterocycles. The monoisotopic (exact) mass is 135 g/mol. The quantitative estimate of drug-likeness (QED) is 0.591. The van der Waals surface area contributed by atoms with Crippen molar-refractivity contribution in [3.8, 4) is 0 Å². The topological polar surface area (TPSA) is 54.3 Å². The van der Waals surface area contributed by atoms with Crippen molar-refractivity contribution >= 4 is 12.1 Å². The Hall–Kier alpha value is -1.58. The van der Waals surface area contributed by atoms with Crippen LogP contribution in [0.4, 0.5) is 0 Å². The highest BCUT2D eigenvalue weighted by Crippen LogP contribution is 2.02. The summed E-state index contributed by atoms with van der Waals surface area (Å²) in [7, 11) is 0. The first kappa shape index (κ1) is 5.22. The van der Waals surface area contributed by atoms with E-state index in [2.05, 4.69) is 4.98 Å². The van der Waals surface area contributed by atoms with Gasteiger partial charge in [0.25, 0.3) is 0 Å². The molecular weight excluding hydrogens is 130 g/mol. The van der Waals surface area contributed by atoms with Gasteiger partial charge in [-0.05, 0) is 0 Å². The van der Waals surface area contributed by atoms with Gasteiger partial charge in [-0.25, -0.2) is 0 Å². The Kier molecular flexibility index (Phi) is 0.887. The molecule has 0 aliphatic heterocycles. The minimum atomic E-state index is 0.526. The van der Waals surface area contributed by atoms with Gasteiger partial charge in [0.1, 0.15) is 12.0 Å². The molecule has 0 fully saturated rings. The average Bonchev–Trinajstić information content (AvgIpc) is 2.42. The van der Waals surface area contributed by atoms with E-state index >= 15 is 0 Å². The lowest BCUT2D eigenvalue weighted by molar-refractivity contribution is 0.596. The van der Waals surface area contributed by atoms with Crippen molar-refractivity contribution in [2.24, 2.45) is 0 Å². The summed E-state index contributed by atoms with van der Waals surface area (Å²) in [4.78, 5) is 3.94. The third-order valence-corrected chi connectivity index (χ3v) is 1.26. The van der Waals surface area contributed by atoms with E-state index in [-0.39, 0.29) is 0 Å². The first-order valence-electron chi connectivity index (χ1n) is 2.83. The lowest BCUT2D eigenvalue weighted by atomic mass is 10.5. The van der Waals surface area contributed by atoms with Crippen LogP contribution in [0.2, 0.25) is 0 Å². The smallest absolute Gasteiger partial charge is 0.306 e. The predicted octanol–water partition coefficient (Wildman–Crippen LogP) is 0.925. The van der Waals surface area contributed by atoms with Crippen LogP contribution in [0.3, 0.4) is 0 Å². The van der Waals surface area contributed by atoms with Crippen LogP contribution in [0.25, 0.3) is 5.84 Å². The Balaban J connectivity index is 2.78. The first-order chi connectivity index (χ1) is 4.90. The summed E-state index contributed by atoms with van der Waals surface area (Å²) < 4.78 is 6.67. The number of hydrogen-bond donors (Lipinski definition) is 1. The van der Waals surface area contributed by atoms with Gasteiger partial charge in [-0.2, -0.15) is 4.98 Å². The summed E-state index contributed by atoms with van der Waals surface area (Å²) in [5, 5.41) is 6.87. The highest BCUT2D eigenvalue weighted by atomic mass is 16.3. The third kappa shape index (κ3) is 0.556. The van der Waals surface area contributed by atoms with Gasteiger partial charge in [0.2, 0.25) is 0 Å². The molecule has 0 unspecified atom stereocenters. The molecule has 2 rings (SSSR count). The van der Waals surface area contributed by atoms with E-state index in [0.717, 1.165) is 0 Å². The van der Waals surface area contributed by atoms with Crippen LogP contribution < -0.4 is 0 Å². The van der Waals surface area contributed by atoms with E-state index in [1.807, 2.05) is 0 Å². The molecule has 0 aliphatic carbocycles. The maximum Gasteiger partial charge on any atom is 0.306 e. The number of nitrogens with zero attached hydrogens (tertiary/aromatic N) is 2. The summed E-state index contributed by atoms with van der Waals surface area (Å²) in [6, 6.07) is 0. The Labute approximate surface area is 56.6 Å². The molecule has 0 aromatic carbocycles. The van der Waals surface area contributed by atoms with E-state index in [1.54, 1.807) is 23.1 Å². The molecule has 0 bridgehead atoms. The van der Waals surface area contributed by atoms with E-state index in [1.165, 1.54) is 6.21 Å². The Morgan fingerprint density at radius 2 is 2.60 bits per heavy atom. The van der Waals surface area contributed by atoms with Crippen LogP contribution in [0.15, 0.2) is 23.1 Å². The van der Waals surface area contributed by atoms with E-state index in [9.17, 15) is 0 Å². The summed E-state index contributed by atoms with van der Waals surface area (Å²) >= 11 is 0. The largest absolute Gasteiger partial charge is 0.432 e. The Morgan fingerprint density at radius 1 is 1.70 bits per heavy atom. The zero-order chi connectivity index (χ0) is 6.97. The Morgan fingerprint density at radius 3 is 3.30 bits per heavy atom. The summed E-state index contributed by atoms with van der Waals surface area (Å²) in [5.74, 6) is 0.526. The second kappa shape index (κ2) is 1.70. The van der Waals surface area contributed by atoms with Gasteiger partial charge >= 0.3 is 5.84 Å². The fourth-order valence-corrected chi connectivity index (χ4v) is 0.815. The lowest BCUT2D eigenvalue weighted by Crippen LogP contribution is -1.74. The fraction of sp³-hybridized carbons (Fsp3) is 0. The first-order valence-corrected chi connectivity index (χ1v) is 2.83. The number of hydrogen-bond acceptors (Lipinski definition) is 3. The van der Waals surface area contributed by atoms with Crippen LogP contribution in [0, 0.1) is 5.41 Å². The van der Waals surface area contributed by atoms with Crippen molar-refractivity contribution in [1.82, 2.24) is 9.38 Å². The van der Waals surface area contributed by atoms with Gasteiger partial charge in [-0.3, -0.25) is 4.40 Å². The molecule has 4 nitrogen and oxygen atoms in total. The van der Waals surface area contributed by atoms with E-state index in [4.69, 9.17) is 9.83 Å². The molecule has 10 heavy (non-hydrogen) atoms. The zero-order valence-electron chi connectivity index (χ0n) is 5.11. The maximum absolute atomic E-state index is 6.87. The SMILES string of the molecule is N=Cc1cn2ccoc2n1. The molecule has 0 radical (unpaired) electrons. The highest BCUT2D eigenvalue weighted by molar-refractivity contribution is 5.74. The average molecular weight is 135 g/mol. The molecule has 50 valence electrons. The van der Waals surface area contributed by atoms with Gasteiger partial charge in [0, 0.05) is 18.6 Å². The number of oxazole rings is 1. The van der Waals surface area contributed by atoms with E-state index in [0.29, 0.717) is 11.5 Å². The molecular formula is C6H5N3O. The van der Waals surface area contributed by atoms with Crippen molar-refractivity contribution in [2.45, 2.75) is 0 Å². The molecule has 4 heteroatoms. The number of imidazole rings is 1. The molecule has 1 N–H and O–H groups in total. The van der Waals surface area contributed by atoms with Crippen molar-refractivity contribution in [1.29, 1.82) is 5.41 Å². The van der Waals surface area contributed by atoms with Gasteiger partial charge < -0.3 is 9.83 Å².